The second-order valence-corrected chi connectivity index (χ2v) is 7.19. The lowest BCUT2D eigenvalue weighted by Gasteiger charge is -2.21. The minimum absolute atomic E-state index is 0.0205. The van der Waals surface area contributed by atoms with Gasteiger partial charge in [0.1, 0.15) is 4.90 Å². The van der Waals surface area contributed by atoms with Crippen molar-refractivity contribution in [3.8, 4) is 0 Å². The monoisotopic (exact) mass is 336 g/mol. The van der Waals surface area contributed by atoms with Gasteiger partial charge in [-0.15, -0.1) is 0 Å². The van der Waals surface area contributed by atoms with E-state index in [0.29, 0.717) is 17.1 Å². The molecule has 2 N–H and O–H groups in total. The summed E-state index contributed by atoms with van der Waals surface area (Å²) in [5, 5.41) is 0.451. The van der Waals surface area contributed by atoms with Gasteiger partial charge in [0.15, 0.2) is 0 Å². The second kappa shape index (κ2) is 6.91. The molecule has 0 amide bonds. The van der Waals surface area contributed by atoms with Crippen LogP contribution in [0.25, 0.3) is 0 Å². The van der Waals surface area contributed by atoms with Crippen LogP contribution in [-0.2, 0) is 16.6 Å². The van der Waals surface area contributed by atoms with Crippen molar-refractivity contribution in [2.75, 3.05) is 13.1 Å². The molecule has 0 spiro atoms. The highest BCUT2D eigenvalue weighted by Gasteiger charge is 2.26. The molecular formula is C13H18Cl2N2O2S. The summed E-state index contributed by atoms with van der Waals surface area (Å²) in [7, 11) is -3.70. The zero-order chi connectivity index (χ0) is 15.5. The van der Waals surface area contributed by atoms with E-state index in [1.165, 1.54) is 16.4 Å². The van der Waals surface area contributed by atoms with Crippen molar-refractivity contribution in [1.29, 1.82) is 0 Å². The van der Waals surface area contributed by atoms with Crippen molar-refractivity contribution in [2.24, 2.45) is 5.73 Å². The number of hydrogen-bond donors (Lipinski definition) is 1. The molecule has 7 heteroatoms. The normalized spacial score (nSPS) is 11.9. The maximum atomic E-state index is 12.6. The fourth-order valence-electron chi connectivity index (χ4n) is 1.73. The molecule has 0 aliphatic carbocycles. The summed E-state index contributed by atoms with van der Waals surface area (Å²) in [5.74, 6) is 0. The Bertz CT molecular complexity index is 615. The summed E-state index contributed by atoms with van der Waals surface area (Å²) in [6.07, 6.45) is 0. The molecule has 0 heterocycles. The number of hydrogen-bond acceptors (Lipinski definition) is 3. The molecule has 0 aliphatic rings. The molecule has 1 aromatic rings. The Morgan fingerprint density at radius 2 is 1.95 bits per heavy atom. The van der Waals surface area contributed by atoms with Crippen LogP contribution in [0.5, 0.6) is 0 Å². The van der Waals surface area contributed by atoms with Gasteiger partial charge in [-0.05, 0) is 24.6 Å². The summed E-state index contributed by atoms with van der Waals surface area (Å²) < 4.78 is 26.5. The quantitative estimate of drug-likeness (QED) is 0.812. The van der Waals surface area contributed by atoms with E-state index in [0.717, 1.165) is 5.57 Å². The summed E-state index contributed by atoms with van der Waals surface area (Å²) >= 11 is 12.0. The Morgan fingerprint density at radius 3 is 2.40 bits per heavy atom. The average molecular weight is 337 g/mol. The van der Waals surface area contributed by atoms with Gasteiger partial charge in [-0.1, -0.05) is 42.3 Å². The number of likely N-dealkylation sites (N-methyl/N-ethyl adjacent to an activating group) is 1. The second-order valence-electron chi connectivity index (χ2n) is 4.47. The van der Waals surface area contributed by atoms with Crippen LogP contribution in [0.4, 0.5) is 0 Å². The van der Waals surface area contributed by atoms with Crippen molar-refractivity contribution in [1.82, 2.24) is 4.31 Å². The van der Waals surface area contributed by atoms with E-state index >= 15 is 0 Å². The predicted octanol–water partition coefficient (Wildman–Crippen LogP) is 3.04. The first-order valence-electron chi connectivity index (χ1n) is 6.06. The molecule has 0 radical (unpaired) electrons. The van der Waals surface area contributed by atoms with Crippen LogP contribution in [-0.4, -0.2) is 25.8 Å². The van der Waals surface area contributed by atoms with E-state index in [1.54, 1.807) is 13.8 Å². The first-order valence-corrected chi connectivity index (χ1v) is 8.26. The maximum absolute atomic E-state index is 12.6. The van der Waals surface area contributed by atoms with E-state index in [4.69, 9.17) is 28.9 Å². The number of nitrogens with zero attached hydrogens (tertiary/aromatic N) is 1. The SMILES string of the molecule is C=C(C)CN(CC)S(=O)(=O)c1cc(CN)c(Cl)cc1Cl. The van der Waals surface area contributed by atoms with Crippen molar-refractivity contribution >= 4 is 33.2 Å². The van der Waals surface area contributed by atoms with E-state index in [9.17, 15) is 8.42 Å². The molecule has 1 aromatic carbocycles. The fraction of sp³-hybridized carbons (Fsp3) is 0.385. The van der Waals surface area contributed by atoms with Gasteiger partial charge < -0.3 is 5.73 Å². The van der Waals surface area contributed by atoms with E-state index in [2.05, 4.69) is 6.58 Å². The van der Waals surface area contributed by atoms with Crippen molar-refractivity contribution in [3.63, 3.8) is 0 Å². The molecule has 0 fully saturated rings. The van der Waals surface area contributed by atoms with Gasteiger partial charge in [-0.2, -0.15) is 4.31 Å². The number of benzene rings is 1. The standard InChI is InChI=1S/C13H18Cl2N2O2S/c1-4-17(8-9(2)3)20(18,19)13-5-10(7-16)11(14)6-12(13)15/h5-6H,2,4,7-8,16H2,1,3H3. The molecule has 1 rings (SSSR count). The molecule has 0 atom stereocenters. The van der Waals surface area contributed by atoms with Crippen molar-refractivity contribution in [3.05, 3.63) is 39.9 Å². The minimum atomic E-state index is -3.70. The summed E-state index contributed by atoms with van der Waals surface area (Å²) in [6, 6.07) is 2.84. The number of nitrogens with two attached hydrogens (primary N) is 1. The van der Waals surface area contributed by atoms with Crippen LogP contribution in [0.15, 0.2) is 29.2 Å². The van der Waals surface area contributed by atoms with Crippen LogP contribution < -0.4 is 5.73 Å². The molecule has 0 saturated carbocycles. The molecule has 112 valence electrons. The third-order valence-electron chi connectivity index (χ3n) is 2.74. The molecule has 4 nitrogen and oxygen atoms in total. The van der Waals surface area contributed by atoms with E-state index in [-0.39, 0.29) is 23.0 Å². The summed E-state index contributed by atoms with van der Waals surface area (Å²) in [5.41, 5.74) is 6.84. The van der Waals surface area contributed by atoms with Crippen molar-refractivity contribution in [2.45, 2.75) is 25.3 Å². The van der Waals surface area contributed by atoms with Gasteiger partial charge in [0.25, 0.3) is 0 Å². The molecule has 0 aliphatic heterocycles. The van der Waals surface area contributed by atoms with Crippen LogP contribution in [0.2, 0.25) is 10.0 Å². The third-order valence-corrected chi connectivity index (χ3v) is 5.47. The van der Waals surface area contributed by atoms with Gasteiger partial charge in [0.05, 0.1) is 5.02 Å². The molecular weight excluding hydrogens is 319 g/mol. The van der Waals surface area contributed by atoms with E-state index in [1.807, 2.05) is 0 Å². The molecule has 0 aromatic heterocycles. The lowest BCUT2D eigenvalue weighted by Crippen LogP contribution is -2.32. The number of halogens is 2. The average Bonchev–Trinajstić information content (AvgIpc) is 2.35. The first-order chi connectivity index (χ1) is 9.23. The highest BCUT2D eigenvalue weighted by molar-refractivity contribution is 7.89. The van der Waals surface area contributed by atoms with Crippen LogP contribution in [0, 0.1) is 0 Å². The minimum Gasteiger partial charge on any atom is -0.326 e. The van der Waals surface area contributed by atoms with Gasteiger partial charge in [0, 0.05) is 24.7 Å². The largest absolute Gasteiger partial charge is 0.326 e. The summed E-state index contributed by atoms with van der Waals surface area (Å²) in [4.78, 5) is 0.0205. The van der Waals surface area contributed by atoms with Gasteiger partial charge in [0.2, 0.25) is 10.0 Å². The molecule has 0 bridgehead atoms. The maximum Gasteiger partial charge on any atom is 0.244 e. The zero-order valence-corrected chi connectivity index (χ0v) is 13.8. The van der Waals surface area contributed by atoms with E-state index < -0.39 is 10.0 Å². The molecule has 20 heavy (non-hydrogen) atoms. The Balaban J connectivity index is 3.37. The van der Waals surface area contributed by atoms with Gasteiger partial charge in [-0.25, -0.2) is 8.42 Å². The van der Waals surface area contributed by atoms with Crippen LogP contribution in [0.1, 0.15) is 19.4 Å². The fourth-order valence-corrected chi connectivity index (χ4v) is 4.09. The zero-order valence-electron chi connectivity index (χ0n) is 11.5. The Labute approximate surface area is 130 Å². The first kappa shape index (κ1) is 17.5. The molecule has 0 saturated heterocycles. The van der Waals surface area contributed by atoms with Gasteiger partial charge >= 0.3 is 0 Å². The third kappa shape index (κ3) is 3.74. The number of rotatable bonds is 6. The molecule has 0 unspecified atom stereocenters. The van der Waals surface area contributed by atoms with Crippen LogP contribution in [0.3, 0.4) is 0 Å². The van der Waals surface area contributed by atoms with Crippen molar-refractivity contribution < 1.29 is 8.42 Å². The smallest absolute Gasteiger partial charge is 0.244 e. The van der Waals surface area contributed by atoms with Crippen LogP contribution >= 0.6 is 23.2 Å². The topological polar surface area (TPSA) is 63.4 Å². The predicted molar refractivity (Wildman–Crippen MR) is 83.6 cm³/mol. The summed E-state index contributed by atoms with van der Waals surface area (Å²) in [6.45, 7) is 7.98. The number of sulfonamides is 1. The Kier molecular flexibility index (Phi) is 6.04. The highest BCUT2D eigenvalue weighted by Crippen LogP contribution is 2.30. The Morgan fingerprint density at radius 1 is 1.35 bits per heavy atom. The van der Waals surface area contributed by atoms with Gasteiger partial charge in [-0.3, -0.25) is 0 Å². The lowest BCUT2D eigenvalue weighted by molar-refractivity contribution is 0.453. The Hall–Kier alpha value is -0.590. The lowest BCUT2D eigenvalue weighted by atomic mass is 10.2. The highest BCUT2D eigenvalue weighted by atomic mass is 35.5.